The first-order valence-corrected chi connectivity index (χ1v) is 13.8. The fourth-order valence-corrected chi connectivity index (χ4v) is 5.25. The number of pyridine rings is 1. The van der Waals surface area contributed by atoms with Crippen LogP contribution in [0, 0.1) is 17.2 Å². The SMILES string of the molecule is CCC(O)CNc1nc(=O)n(CC2CC2)c2nn(Cc3ccnc4ccc(Cl)cc34)c(-c3cc(C#N)cn3C)c12. The standard InChI is InChI=1S/C29H29ClN8O2/c1-3-21(39)13-33-27-25-26(24-10-18(12-31)14-36(24)2)38(35-28(25)37(29(40)34-27)15-17-4-5-17)16-19-8-9-32-23-7-6-20(30)11-22(19)23/h6-11,14,17,21,39H,3-5,13,15-16H2,1-2H3,(H,33,34,40). The van der Waals surface area contributed by atoms with Crippen LogP contribution in [0.1, 0.15) is 37.3 Å². The lowest BCUT2D eigenvalue weighted by atomic mass is 10.1. The lowest BCUT2D eigenvalue weighted by Crippen LogP contribution is -2.27. The summed E-state index contributed by atoms with van der Waals surface area (Å²) in [4.78, 5) is 22.2. The molecule has 40 heavy (non-hydrogen) atoms. The van der Waals surface area contributed by atoms with Crippen LogP contribution in [-0.4, -0.2) is 46.6 Å². The predicted molar refractivity (Wildman–Crippen MR) is 154 cm³/mol. The van der Waals surface area contributed by atoms with Crippen LogP contribution >= 0.6 is 11.6 Å². The van der Waals surface area contributed by atoms with Gasteiger partial charge in [-0.1, -0.05) is 18.5 Å². The summed E-state index contributed by atoms with van der Waals surface area (Å²) in [6.07, 6.45) is 5.62. The first-order valence-electron chi connectivity index (χ1n) is 13.4. The number of hydrogen-bond acceptors (Lipinski definition) is 7. The van der Waals surface area contributed by atoms with E-state index >= 15 is 0 Å². The van der Waals surface area contributed by atoms with Gasteiger partial charge in [0.05, 0.1) is 40.5 Å². The first kappa shape index (κ1) is 26.0. The first-order chi connectivity index (χ1) is 19.4. The number of nitrogens with zero attached hydrogens (tertiary/aromatic N) is 7. The zero-order valence-electron chi connectivity index (χ0n) is 22.3. The Morgan fingerprint density at radius 3 is 2.83 bits per heavy atom. The number of rotatable bonds is 9. The molecule has 204 valence electrons. The molecule has 10 nitrogen and oxygen atoms in total. The van der Waals surface area contributed by atoms with Crippen molar-refractivity contribution in [3.05, 3.63) is 69.4 Å². The van der Waals surface area contributed by atoms with Crippen LogP contribution in [0.25, 0.3) is 33.3 Å². The number of aliphatic hydroxyl groups is 1. The normalized spacial score (nSPS) is 14.1. The molecule has 1 fully saturated rings. The summed E-state index contributed by atoms with van der Waals surface area (Å²) in [6, 6.07) is 11.6. The molecule has 0 aliphatic heterocycles. The van der Waals surface area contributed by atoms with Gasteiger partial charge in [0.25, 0.3) is 0 Å². The molecule has 0 saturated heterocycles. The smallest absolute Gasteiger partial charge is 0.351 e. The number of nitrogens with one attached hydrogen (secondary N) is 1. The second-order valence-electron chi connectivity index (χ2n) is 10.4. The minimum Gasteiger partial charge on any atom is -0.391 e. The van der Waals surface area contributed by atoms with Gasteiger partial charge in [-0.15, -0.1) is 0 Å². The molecule has 1 unspecified atom stereocenters. The molecule has 0 radical (unpaired) electrons. The quantitative estimate of drug-likeness (QED) is 0.277. The molecule has 0 bridgehead atoms. The molecule has 0 amide bonds. The highest BCUT2D eigenvalue weighted by atomic mass is 35.5. The molecule has 4 heterocycles. The molecule has 11 heteroatoms. The van der Waals surface area contributed by atoms with Crippen LogP contribution < -0.4 is 11.0 Å². The van der Waals surface area contributed by atoms with Gasteiger partial charge in [0.1, 0.15) is 11.9 Å². The Bertz CT molecular complexity index is 1840. The lowest BCUT2D eigenvalue weighted by Gasteiger charge is -2.14. The molecular formula is C29H29ClN8O2. The third-order valence-corrected chi connectivity index (χ3v) is 7.70. The maximum absolute atomic E-state index is 13.3. The van der Waals surface area contributed by atoms with Gasteiger partial charge in [-0.25, -0.2) is 4.79 Å². The van der Waals surface area contributed by atoms with Crippen LogP contribution in [0.15, 0.2) is 47.5 Å². The number of hydrogen-bond donors (Lipinski definition) is 2. The Morgan fingerprint density at radius 1 is 1.27 bits per heavy atom. The van der Waals surface area contributed by atoms with E-state index in [1.807, 2.05) is 53.6 Å². The van der Waals surface area contributed by atoms with Crippen LogP contribution in [0.3, 0.4) is 0 Å². The number of nitriles is 1. The molecule has 5 aromatic rings. The fraction of sp³-hybridized carbons (Fsp3) is 0.345. The Balaban J connectivity index is 1.62. The maximum atomic E-state index is 13.3. The Kier molecular flexibility index (Phi) is 6.78. The van der Waals surface area contributed by atoms with E-state index in [0.29, 0.717) is 52.9 Å². The Labute approximate surface area is 235 Å². The minimum atomic E-state index is -0.600. The van der Waals surface area contributed by atoms with Crippen molar-refractivity contribution in [3.63, 3.8) is 0 Å². The molecule has 1 aromatic carbocycles. The van der Waals surface area contributed by atoms with Crippen molar-refractivity contribution in [2.24, 2.45) is 13.0 Å². The van der Waals surface area contributed by atoms with Gasteiger partial charge < -0.3 is 15.0 Å². The molecule has 2 N–H and O–H groups in total. The van der Waals surface area contributed by atoms with E-state index < -0.39 is 6.10 Å². The summed E-state index contributed by atoms with van der Waals surface area (Å²) in [5.41, 5.74) is 3.89. The van der Waals surface area contributed by atoms with Gasteiger partial charge >= 0.3 is 5.69 Å². The maximum Gasteiger partial charge on any atom is 0.351 e. The van der Waals surface area contributed by atoms with Gasteiger partial charge in [-0.2, -0.15) is 15.3 Å². The third kappa shape index (κ3) is 4.83. The topological polar surface area (TPSA) is 127 Å². The minimum absolute atomic E-state index is 0.235. The summed E-state index contributed by atoms with van der Waals surface area (Å²) < 4.78 is 5.40. The monoisotopic (exact) mass is 556 g/mol. The largest absolute Gasteiger partial charge is 0.391 e. The summed E-state index contributed by atoms with van der Waals surface area (Å²) >= 11 is 6.35. The van der Waals surface area contributed by atoms with Crippen LogP contribution in [0.4, 0.5) is 5.82 Å². The van der Waals surface area contributed by atoms with Crippen molar-refractivity contribution < 1.29 is 5.11 Å². The van der Waals surface area contributed by atoms with Crippen molar-refractivity contribution in [3.8, 4) is 17.5 Å². The van der Waals surface area contributed by atoms with Crippen molar-refractivity contribution in [2.45, 2.75) is 45.4 Å². The zero-order chi connectivity index (χ0) is 28.0. The third-order valence-electron chi connectivity index (χ3n) is 7.47. The molecular weight excluding hydrogens is 528 g/mol. The number of fused-ring (bicyclic) bond motifs is 2. The average Bonchev–Trinajstić information content (AvgIpc) is 3.59. The van der Waals surface area contributed by atoms with Gasteiger partial charge in [-0.3, -0.25) is 14.2 Å². The van der Waals surface area contributed by atoms with E-state index in [2.05, 4.69) is 21.4 Å². The van der Waals surface area contributed by atoms with Gasteiger partial charge in [0, 0.05) is 42.9 Å². The molecule has 1 aliphatic rings. The summed E-state index contributed by atoms with van der Waals surface area (Å²) in [5, 5.41) is 30.3. The predicted octanol–water partition coefficient (Wildman–Crippen LogP) is 4.31. The highest BCUT2D eigenvalue weighted by molar-refractivity contribution is 6.31. The van der Waals surface area contributed by atoms with Crippen molar-refractivity contribution >= 4 is 39.4 Å². The van der Waals surface area contributed by atoms with Crippen molar-refractivity contribution in [1.29, 1.82) is 5.26 Å². The fourth-order valence-electron chi connectivity index (χ4n) is 5.08. The second-order valence-corrected chi connectivity index (χ2v) is 10.8. The van der Waals surface area contributed by atoms with E-state index in [-0.39, 0.29) is 12.2 Å². The molecule has 6 rings (SSSR count). The van der Waals surface area contributed by atoms with Gasteiger partial charge in [0.2, 0.25) is 0 Å². The number of aromatic nitrogens is 6. The Morgan fingerprint density at radius 2 is 2.10 bits per heavy atom. The van der Waals surface area contributed by atoms with Crippen LogP contribution in [-0.2, 0) is 20.1 Å². The molecule has 1 atom stereocenters. The van der Waals surface area contributed by atoms with Gasteiger partial charge in [-0.05, 0) is 61.1 Å². The van der Waals surface area contributed by atoms with Crippen LogP contribution in [0.5, 0.6) is 0 Å². The van der Waals surface area contributed by atoms with Crippen molar-refractivity contribution in [1.82, 2.24) is 28.9 Å². The van der Waals surface area contributed by atoms with E-state index in [4.69, 9.17) is 16.7 Å². The van der Waals surface area contributed by atoms with E-state index in [0.717, 1.165) is 40.7 Å². The van der Waals surface area contributed by atoms with Gasteiger partial charge in [0.15, 0.2) is 5.65 Å². The molecule has 1 saturated carbocycles. The number of halogens is 1. The number of aliphatic hydroxyl groups excluding tert-OH is 1. The van der Waals surface area contributed by atoms with E-state index in [1.165, 1.54) is 0 Å². The molecule has 1 aliphatic carbocycles. The Hall–Kier alpha value is -4.20. The highest BCUT2D eigenvalue weighted by Crippen LogP contribution is 2.36. The summed E-state index contributed by atoms with van der Waals surface area (Å²) in [5.74, 6) is 0.784. The van der Waals surface area contributed by atoms with E-state index in [9.17, 15) is 15.2 Å². The number of benzene rings is 1. The molecule has 4 aromatic heterocycles. The molecule has 0 spiro atoms. The highest BCUT2D eigenvalue weighted by Gasteiger charge is 2.28. The van der Waals surface area contributed by atoms with Crippen molar-refractivity contribution in [2.75, 3.05) is 11.9 Å². The zero-order valence-corrected chi connectivity index (χ0v) is 23.1. The number of anilines is 1. The lowest BCUT2D eigenvalue weighted by molar-refractivity contribution is 0.183. The summed E-state index contributed by atoms with van der Waals surface area (Å²) in [6.45, 7) is 3.04. The number of aryl methyl sites for hydroxylation is 1. The van der Waals surface area contributed by atoms with Crippen LogP contribution in [0.2, 0.25) is 5.02 Å². The second kappa shape index (κ2) is 10.4. The average molecular weight is 557 g/mol. The van der Waals surface area contributed by atoms with E-state index in [1.54, 1.807) is 17.0 Å². The summed E-state index contributed by atoms with van der Waals surface area (Å²) in [7, 11) is 1.88.